The van der Waals surface area contributed by atoms with Crippen LogP contribution in [0.15, 0.2) is 21.4 Å². The van der Waals surface area contributed by atoms with Crippen LogP contribution in [0.4, 0.5) is 0 Å². The molecule has 0 bridgehead atoms. The number of halogens is 1. The highest BCUT2D eigenvalue weighted by molar-refractivity contribution is 9.10. The second-order valence-electron chi connectivity index (χ2n) is 4.54. The molecule has 0 unspecified atom stereocenters. The minimum absolute atomic E-state index is 0.00250. The van der Waals surface area contributed by atoms with Gasteiger partial charge in [-0.2, -0.15) is 0 Å². The van der Waals surface area contributed by atoms with E-state index < -0.39 is 5.79 Å². The first-order valence-electron chi connectivity index (χ1n) is 6.00. The maximum atomic E-state index is 12.2. The molecule has 3 heterocycles. The number of piperidine rings is 1. The lowest BCUT2D eigenvalue weighted by atomic mass is 10.0. The molecule has 1 amide bonds. The highest BCUT2D eigenvalue weighted by atomic mass is 79.9. The lowest BCUT2D eigenvalue weighted by molar-refractivity contribution is -0.181. The molecule has 0 atom stereocenters. The van der Waals surface area contributed by atoms with Crippen LogP contribution in [0, 0.1) is 0 Å². The van der Waals surface area contributed by atoms with E-state index in [-0.39, 0.29) is 5.91 Å². The zero-order valence-corrected chi connectivity index (χ0v) is 11.4. The van der Waals surface area contributed by atoms with Gasteiger partial charge in [0.15, 0.2) is 10.5 Å². The molecule has 2 fully saturated rings. The third kappa shape index (κ3) is 2.20. The molecule has 3 rings (SSSR count). The van der Waals surface area contributed by atoms with E-state index in [1.54, 1.807) is 6.07 Å². The first kappa shape index (κ1) is 12.2. The van der Waals surface area contributed by atoms with E-state index in [1.807, 2.05) is 4.90 Å². The lowest BCUT2D eigenvalue weighted by Crippen LogP contribution is -2.47. The van der Waals surface area contributed by atoms with Crippen molar-refractivity contribution in [3.05, 3.63) is 22.6 Å². The number of likely N-dealkylation sites (tertiary alicyclic amines) is 1. The Labute approximate surface area is 113 Å². The molecule has 1 aromatic rings. The van der Waals surface area contributed by atoms with E-state index in [4.69, 9.17) is 13.9 Å². The first-order chi connectivity index (χ1) is 8.69. The third-order valence-corrected chi connectivity index (χ3v) is 3.86. The SMILES string of the molecule is O=C(c1coc(Br)c1)N1CCC2(CC1)OCCO2. The first-order valence-corrected chi connectivity index (χ1v) is 6.79. The van der Waals surface area contributed by atoms with E-state index >= 15 is 0 Å². The average molecular weight is 316 g/mol. The van der Waals surface area contributed by atoms with Gasteiger partial charge in [0, 0.05) is 32.0 Å². The summed E-state index contributed by atoms with van der Waals surface area (Å²) in [6.07, 6.45) is 2.94. The summed E-state index contributed by atoms with van der Waals surface area (Å²) in [7, 11) is 0. The molecule has 18 heavy (non-hydrogen) atoms. The summed E-state index contributed by atoms with van der Waals surface area (Å²) >= 11 is 3.20. The van der Waals surface area contributed by atoms with Crippen LogP contribution in [0.2, 0.25) is 0 Å². The maximum absolute atomic E-state index is 12.2. The van der Waals surface area contributed by atoms with Gasteiger partial charge in [0.1, 0.15) is 6.26 Å². The number of carbonyl (C=O) groups excluding carboxylic acids is 1. The van der Waals surface area contributed by atoms with Crippen molar-refractivity contribution in [2.75, 3.05) is 26.3 Å². The molecule has 0 saturated carbocycles. The Hall–Kier alpha value is -0.850. The van der Waals surface area contributed by atoms with Gasteiger partial charge >= 0.3 is 0 Å². The fourth-order valence-electron chi connectivity index (χ4n) is 2.44. The summed E-state index contributed by atoms with van der Waals surface area (Å²) < 4.78 is 16.9. The zero-order valence-electron chi connectivity index (χ0n) is 9.86. The fourth-order valence-corrected chi connectivity index (χ4v) is 2.78. The predicted molar refractivity (Wildman–Crippen MR) is 66.2 cm³/mol. The van der Waals surface area contributed by atoms with Crippen molar-refractivity contribution in [3.8, 4) is 0 Å². The lowest BCUT2D eigenvalue weighted by Gasteiger charge is -2.37. The largest absolute Gasteiger partial charge is 0.457 e. The smallest absolute Gasteiger partial charge is 0.257 e. The predicted octanol–water partition coefficient (Wildman–Crippen LogP) is 2.02. The van der Waals surface area contributed by atoms with Gasteiger partial charge in [0.2, 0.25) is 0 Å². The number of furan rings is 1. The number of amides is 1. The van der Waals surface area contributed by atoms with Gasteiger partial charge in [-0.15, -0.1) is 0 Å². The molecule has 5 nitrogen and oxygen atoms in total. The maximum Gasteiger partial charge on any atom is 0.257 e. The van der Waals surface area contributed by atoms with Gasteiger partial charge in [-0.3, -0.25) is 4.79 Å². The summed E-state index contributed by atoms with van der Waals surface area (Å²) in [6, 6.07) is 1.69. The Morgan fingerprint density at radius 1 is 1.28 bits per heavy atom. The van der Waals surface area contributed by atoms with Crippen LogP contribution in [0.5, 0.6) is 0 Å². The normalized spacial score (nSPS) is 22.6. The molecule has 98 valence electrons. The van der Waals surface area contributed by atoms with Crippen molar-refractivity contribution >= 4 is 21.8 Å². The van der Waals surface area contributed by atoms with Crippen molar-refractivity contribution in [2.24, 2.45) is 0 Å². The topological polar surface area (TPSA) is 51.9 Å². The number of hydrogen-bond acceptors (Lipinski definition) is 4. The van der Waals surface area contributed by atoms with E-state index in [9.17, 15) is 4.79 Å². The van der Waals surface area contributed by atoms with Gasteiger partial charge in [-0.1, -0.05) is 0 Å². The monoisotopic (exact) mass is 315 g/mol. The summed E-state index contributed by atoms with van der Waals surface area (Å²) in [5.41, 5.74) is 0.575. The van der Waals surface area contributed by atoms with E-state index in [1.165, 1.54) is 6.26 Å². The number of rotatable bonds is 1. The van der Waals surface area contributed by atoms with Crippen molar-refractivity contribution in [1.82, 2.24) is 4.90 Å². The quantitative estimate of drug-likeness (QED) is 0.795. The number of carbonyl (C=O) groups is 1. The van der Waals surface area contributed by atoms with E-state index in [2.05, 4.69) is 15.9 Å². The van der Waals surface area contributed by atoms with Crippen LogP contribution in [0.3, 0.4) is 0 Å². The van der Waals surface area contributed by atoms with Crippen LogP contribution in [0.25, 0.3) is 0 Å². The van der Waals surface area contributed by atoms with E-state index in [0.29, 0.717) is 36.5 Å². The van der Waals surface area contributed by atoms with Crippen LogP contribution >= 0.6 is 15.9 Å². The molecule has 1 spiro atoms. The molecule has 0 N–H and O–H groups in total. The summed E-state index contributed by atoms with van der Waals surface area (Å²) in [6.45, 7) is 2.62. The van der Waals surface area contributed by atoms with Gasteiger partial charge in [0.25, 0.3) is 5.91 Å². The van der Waals surface area contributed by atoms with E-state index in [0.717, 1.165) is 12.8 Å². The summed E-state index contributed by atoms with van der Waals surface area (Å²) in [4.78, 5) is 14.0. The van der Waals surface area contributed by atoms with Crippen molar-refractivity contribution in [2.45, 2.75) is 18.6 Å². The second-order valence-corrected chi connectivity index (χ2v) is 5.32. The van der Waals surface area contributed by atoms with Gasteiger partial charge < -0.3 is 18.8 Å². The fraction of sp³-hybridized carbons (Fsp3) is 0.583. The van der Waals surface area contributed by atoms with Crippen LogP contribution < -0.4 is 0 Å². The Kier molecular flexibility index (Phi) is 3.17. The van der Waals surface area contributed by atoms with Crippen molar-refractivity contribution in [3.63, 3.8) is 0 Å². The molecule has 6 heteroatoms. The number of nitrogens with zero attached hydrogens (tertiary/aromatic N) is 1. The molecule has 0 aliphatic carbocycles. The Morgan fingerprint density at radius 3 is 2.50 bits per heavy atom. The molecular weight excluding hydrogens is 302 g/mol. The zero-order chi connectivity index (χ0) is 12.6. The molecule has 1 aromatic heterocycles. The molecular formula is C12H14BrNO4. The van der Waals surface area contributed by atoms with Crippen molar-refractivity contribution < 1.29 is 18.7 Å². The van der Waals surface area contributed by atoms with Crippen LogP contribution in [-0.2, 0) is 9.47 Å². The molecule has 0 aromatic carbocycles. The summed E-state index contributed by atoms with van der Waals surface area (Å²) in [5.74, 6) is -0.439. The van der Waals surface area contributed by atoms with Gasteiger partial charge in [-0.05, 0) is 15.9 Å². The summed E-state index contributed by atoms with van der Waals surface area (Å²) in [5, 5.41) is 0. The number of hydrogen-bond donors (Lipinski definition) is 0. The molecule has 2 aliphatic rings. The minimum atomic E-state index is -0.437. The minimum Gasteiger partial charge on any atom is -0.457 e. The van der Waals surface area contributed by atoms with Crippen molar-refractivity contribution in [1.29, 1.82) is 0 Å². The highest BCUT2D eigenvalue weighted by Crippen LogP contribution is 2.31. The second kappa shape index (κ2) is 4.68. The third-order valence-electron chi connectivity index (χ3n) is 3.44. The van der Waals surface area contributed by atoms with Crippen LogP contribution in [-0.4, -0.2) is 42.9 Å². The Morgan fingerprint density at radius 2 is 1.94 bits per heavy atom. The highest BCUT2D eigenvalue weighted by Gasteiger charge is 2.40. The standard InChI is InChI=1S/C12H14BrNO4/c13-10-7-9(8-16-10)11(15)14-3-1-12(2-4-14)17-5-6-18-12/h7-8H,1-6H2. The Balaban J connectivity index is 1.64. The van der Waals surface area contributed by atoms with Gasteiger partial charge in [0.05, 0.1) is 18.8 Å². The Bertz CT molecular complexity index is 443. The van der Waals surface area contributed by atoms with Crippen LogP contribution in [0.1, 0.15) is 23.2 Å². The molecule has 0 radical (unpaired) electrons. The molecule has 2 aliphatic heterocycles. The average Bonchev–Trinajstić information content (AvgIpc) is 3.00. The van der Waals surface area contributed by atoms with Gasteiger partial charge in [-0.25, -0.2) is 0 Å². The molecule has 2 saturated heterocycles. The number of ether oxygens (including phenoxy) is 2.